The number of sulfone groups is 1. The van der Waals surface area contributed by atoms with E-state index in [1.807, 2.05) is 0 Å². The molecule has 1 aromatic rings. The average Bonchev–Trinajstić information content (AvgIpc) is 2.34. The second-order valence-corrected chi connectivity index (χ2v) is 5.67. The minimum atomic E-state index is -3.27. The molecule has 0 aliphatic rings. The van der Waals surface area contributed by atoms with Gasteiger partial charge in [-0.15, -0.1) is 0 Å². The molecule has 0 heterocycles. The number of aliphatic hydroxyl groups is 1. The molecule has 18 heavy (non-hydrogen) atoms. The fraction of sp³-hybridized carbons (Fsp3) is 0.300. The van der Waals surface area contributed by atoms with Crippen molar-refractivity contribution in [2.75, 3.05) is 18.2 Å². The van der Waals surface area contributed by atoms with Crippen LogP contribution in [0.2, 0.25) is 0 Å². The highest BCUT2D eigenvalue weighted by atomic mass is 32.2. The third-order valence-corrected chi connectivity index (χ3v) is 3.36. The predicted molar refractivity (Wildman–Crippen MR) is 64.0 cm³/mol. The molecule has 1 amide bonds. The Labute approximate surface area is 104 Å². The predicted octanol–water partition coefficient (Wildman–Crippen LogP) is -0.632. The monoisotopic (exact) mass is 274 g/mol. The van der Waals surface area contributed by atoms with Crippen molar-refractivity contribution in [1.29, 1.82) is 0 Å². The van der Waals surface area contributed by atoms with Crippen LogP contribution in [0.15, 0.2) is 29.2 Å². The SMILES string of the molecule is CS(=O)(=O)c1ccc(N[C@@H](CO)C(=O)NO)cc1. The average molecular weight is 274 g/mol. The number of amides is 1. The fourth-order valence-corrected chi connectivity index (χ4v) is 1.90. The van der Waals surface area contributed by atoms with Gasteiger partial charge < -0.3 is 10.4 Å². The van der Waals surface area contributed by atoms with Crippen LogP contribution in [0.25, 0.3) is 0 Å². The van der Waals surface area contributed by atoms with E-state index in [4.69, 9.17) is 10.3 Å². The highest BCUT2D eigenvalue weighted by Crippen LogP contribution is 2.14. The fourth-order valence-electron chi connectivity index (χ4n) is 1.27. The van der Waals surface area contributed by atoms with E-state index < -0.39 is 28.4 Å². The normalized spacial score (nSPS) is 12.8. The molecule has 4 N–H and O–H groups in total. The summed E-state index contributed by atoms with van der Waals surface area (Å²) in [4.78, 5) is 11.2. The summed E-state index contributed by atoms with van der Waals surface area (Å²) in [6.45, 7) is -0.514. The lowest BCUT2D eigenvalue weighted by atomic mass is 10.2. The van der Waals surface area contributed by atoms with Crippen molar-refractivity contribution in [1.82, 2.24) is 5.48 Å². The molecule has 0 unspecified atom stereocenters. The van der Waals surface area contributed by atoms with E-state index in [9.17, 15) is 13.2 Å². The Hall–Kier alpha value is -1.64. The molecule has 0 spiro atoms. The van der Waals surface area contributed by atoms with Crippen LogP contribution in [0, 0.1) is 0 Å². The Kier molecular flexibility index (Phi) is 4.65. The van der Waals surface area contributed by atoms with Crippen molar-refractivity contribution in [3.63, 3.8) is 0 Å². The molecular weight excluding hydrogens is 260 g/mol. The topological polar surface area (TPSA) is 116 Å². The van der Waals surface area contributed by atoms with Gasteiger partial charge in [0.15, 0.2) is 9.84 Å². The first kappa shape index (κ1) is 14.4. The van der Waals surface area contributed by atoms with Crippen molar-refractivity contribution in [3.8, 4) is 0 Å². The van der Waals surface area contributed by atoms with Crippen molar-refractivity contribution in [2.45, 2.75) is 10.9 Å². The zero-order valence-corrected chi connectivity index (χ0v) is 10.4. The highest BCUT2D eigenvalue weighted by molar-refractivity contribution is 7.90. The number of hydrogen-bond acceptors (Lipinski definition) is 6. The van der Waals surface area contributed by atoms with E-state index in [-0.39, 0.29) is 4.90 Å². The van der Waals surface area contributed by atoms with Crippen LogP contribution in [0.5, 0.6) is 0 Å². The second kappa shape index (κ2) is 5.80. The number of anilines is 1. The molecule has 0 saturated heterocycles. The summed E-state index contributed by atoms with van der Waals surface area (Å²) in [7, 11) is -3.27. The van der Waals surface area contributed by atoms with Gasteiger partial charge in [0.25, 0.3) is 5.91 Å². The lowest BCUT2D eigenvalue weighted by Gasteiger charge is -2.15. The van der Waals surface area contributed by atoms with Crippen LogP contribution in [0.1, 0.15) is 0 Å². The molecule has 0 aromatic heterocycles. The summed E-state index contributed by atoms with van der Waals surface area (Å²) in [5, 5.41) is 20.0. The van der Waals surface area contributed by atoms with Crippen LogP contribution >= 0.6 is 0 Å². The minimum absolute atomic E-state index is 0.153. The van der Waals surface area contributed by atoms with Gasteiger partial charge in [0.2, 0.25) is 0 Å². The lowest BCUT2D eigenvalue weighted by molar-refractivity contribution is -0.130. The number of hydrogen-bond donors (Lipinski definition) is 4. The van der Waals surface area contributed by atoms with Gasteiger partial charge in [0.05, 0.1) is 11.5 Å². The van der Waals surface area contributed by atoms with Crippen LogP contribution in [-0.4, -0.2) is 43.5 Å². The third kappa shape index (κ3) is 3.69. The Morgan fingerprint density at radius 1 is 1.33 bits per heavy atom. The molecule has 1 rings (SSSR count). The van der Waals surface area contributed by atoms with E-state index in [1.54, 1.807) is 0 Å². The number of carbonyl (C=O) groups is 1. The lowest BCUT2D eigenvalue weighted by Crippen LogP contribution is -2.40. The van der Waals surface area contributed by atoms with Gasteiger partial charge in [0, 0.05) is 11.9 Å². The zero-order chi connectivity index (χ0) is 13.8. The Bertz CT molecular complexity index is 512. The first-order valence-electron chi connectivity index (χ1n) is 5.00. The van der Waals surface area contributed by atoms with E-state index in [2.05, 4.69) is 5.32 Å². The smallest absolute Gasteiger partial charge is 0.268 e. The van der Waals surface area contributed by atoms with Crippen molar-refractivity contribution < 1.29 is 23.5 Å². The second-order valence-electron chi connectivity index (χ2n) is 3.65. The molecule has 0 saturated carbocycles. The molecule has 0 aliphatic carbocycles. The molecule has 0 bridgehead atoms. The van der Waals surface area contributed by atoms with Gasteiger partial charge in [0.1, 0.15) is 6.04 Å². The third-order valence-electron chi connectivity index (χ3n) is 2.23. The summed E-state index contributed by atoms with van der Waals surface area (Å²) in [5.41, 5.74) is 1.86. The Balaban J connectivity index is 2.83. The highest BCUT2D eigenvalue weighted by Gasteiger charge is 2.16. The first-order valence-corrected chi connectivity index (χ1v) is 6.89. The number of rotatable bonds is 5. The van der Waals surface area contributed by atoms with Crippen molar-refractivity contribution >= 4 is 21.4 Å². The summed E-state index contributed by atoms with van der Waals surface area (Å²) >= 11 is 0. The van der Waals surface area contributed by atoms with E-state index >= 15 is 0 Å². The molecule has 0 aliphatic heterocycles. The molecule has 7 nitrogen and oxygen atoms in total. The van der Waals surface area contributed by atoms with Gasteiger partial charge in [-0.2, -0.15) is 0 Å². The molecule has 0 radical (unpaired) electrons. The van der Waals surface area contributed by atoms with Crippen LogP contribution in [-0.2, 0) is 14.6 Å². The van der Waals surface area contributed by atoms with Crippen LogP contribution in [0.4, 0.5) is 5.69 Å². The molecule has 100 valence electrons. The molecule has 0 fully saturated rings. The number of hydroxylamine groups is 1. The standard InChI is InChI=1S/C10H14N2O5S/c1-18(16,17)8-4-2-7(3-5-8)11-9(6-13)10(14)12-15/h2-5,9,11,13,15H,6H2,1H3,(H,12,14)/t9-/m0/s1. The molecule has 8 heteroatoms. The number of carbonyl (C=O) groups excluding carboxylic acids is 1. The summed E-state index contributed by atoms with van der Waals surface area (Å²) < 4.78 is 22.4. The summed E-state index contributed by atoms with van der Waals surface area (Å²) in [5.74, 6) is -0.787. The quantitative estimate of drug-likeness (QED) is 0.419. The Morgan fingerprint density at radius 3 is 2.28 bits per heavy atom. The maximum atomic E-state index is 11.2. The van der Waals surface area contributed by atoms with E-state index in [0.717, 1.165) is 6.26 Å². The molecule has 1 atom stereocenters. The van der Waals surface area contributed by atoms with Crippen molar-refractivity contribution in [3.05, 3.63) is 24.3 Å². The maximum Gasteiger partial charge on any atom is 0.268 e. The van der Waals surface area contributed by atoms with E-state index in [1.165, 1.54) is 29.7 Å². The zero-order valence-electron chi connectivity index (χ0n) is 9.62. The number of benzene rings is 1. The Morgan fingerprint density at radius 2 is 1.89 bits per heavy atom. The van der Waals surface area contributed by atoms with Gasteiger partial charge in [-0.05, 0) is 24.3 Å². The van der Waals surface area contributed by atoms with Gasteiger partial charge in [-0.25, -0.2) is 13.9 Å². The number of aliphatic hydroxyl groups excluding tert-OH is 1. The van der Waals surface area contributed by atoms with E-state index in [0.29, 0.717) is 5.69 Å². The molecule has 1 aromatic carbocycles. The van der Waals surface area contributed by atoms with Crippen LogP contribution in [0.3, 0.4) is 0 Å². The largest absolute Gasteiger partial charge is 0.394 e. The molecular formula is C10H14N2O5S. The maximum absolute atomic E-state index is 11.2. The van der Waals surface area contributed by atoms with Gasteiger partial charge in [-0.3, -0.25) is 10.0 Å². The van der Waals surface area contributed by atoms with Gasteiger partial charge >= 0.3 is 0 Å². The van der Waals surface area contributed by atoms with Crippen molar-refractivity contribution in [2.24, 2.45) is 0 Å². The van der Waals surface area contributed by atoms with Gasteiger partial charge in [-0.1, -0.05) is 0 Å². The number of nitrogens with one attached hydrogen (secondary N) is 2. The first-order chi connectivity index (χ1) is 8.38. The van der Waals surface area contributed by atoms with Crippen LogP contribution < -0.4 is 10.8 Å². The summed E-state index contributed by atoms with van der Waals surface area (Å²) in [6, 6.07) is 4.67. The summed E-state index contributed by atoms with van der Waals surface area (Å²) in [6.07, 6.45) is 1.09. The minimum Gasteiger partial charge on any atom is -0.394 e.